The minimum atomic E-state index is -0.188. The molecule has 1 atom stereocenters. The number of hydrogen-bond donors (Lipinski definition) is 1. The molecule has 5 nitrogen and oxygen atoms in total. The van der Waals surface area contributed by atoms with E-state index >= 15 is 0 Å². The lowest BCUT2D eigenvalue weighted by molar-refractivity contribution is -0.140. The van der Waals surface area contributed by atoms with Crippen LogP contribution in [0, 0.1) is 0 Å². The lowest BCUT2D eigenvalue weighted by Crippen LogP contribution is -2.40. The zero-order valence-electron chi connectivity index (χ0n) is 12.1. The van der Waals surface area contributed by atoms with Crippen LogP contribution in [0.15, 0.2) is 0 Å². The maximum absolute atomic E-state index is 12.4. The Balaban J connectivity index is 0.00000132. The normalized spacial score (nSPS) is 25.1. The fourth-order valence-electron chi connectivity index (χ4n) is 3.40. The number of aromatic nitrogens is 2. The number of halogens is 1. The summed E-state index contributed by atoms with van der Waals surface area (Å²) in [6, 6.07) is 0. The molecule has 1 aliphatic carbocycles. The van der Waals surface area contributed by atoms with Crippen molar-refractivity contribution < 1.29 is 9.53 Å². The van der Waals surface area contributed by atoms with E-state index in [0.717, 1.165) is 45.4 Å². The molecule has 4 rings (SSSR count). The Kier molecular flexibility index (Phi) is 4.22. The minimum absolute atomic E-state index is 0. The van der Waals surface area contributed by atoms with Gasteiger partial charge in [0.2, 0.25) is 0 Å². The Morgan fingerprint density at radius 3 is 2.76 bits per heavy atom. The second-order valence-electron chi connectivity index (χ2n) is 6.17. The predicted octanol–water partition coefficient (Wildman–Crippen LogP) is 1.82. The summed E-state index contributed by atoms with van der Waals surface area (Å²) in [5.41, 5.74) is 3.90. The Labute approximate surface area is 130 Å². The predicted molar refractivity (Wildman–Crippen MR) is 80.8 cm³/mol. The molecule has 1 aromatic rings. The molecule has 116 valence electrons. The van der Waals surface area contributed by atoms with Crippen molar-refractivity contribution in [3.63, 3.8) is 0 Å². The van der Waals surface area contributed by atoms with Crippen molar-refractivity contribution in [1.29, 1.82) is 0 Å². The van der Waals surface area contributed by atoms with Crippen LogP contribution in [0.1, 0.15) is 48.6 Å². The highest BCUT2D eigenvalue weighted by atomic mass is 35.5. The van der Waals surface area contributed by atoms with E-state index in [-0.39, 0.29) is 24.4 Å². The first-order valence-corrected chi connectivity index (χ1v) is 7.79. The highest BCUT2D eigenvalue weighted by Crippen LogP contribution is 2.41. The van der Waals surface area contributed by atoms with Gasteiger partial charge in [-0.1, -0.05) is 0 Å². The van der Waals surface area contributed by atoms with Crippen LogP contribution in [0.5, 0.6) is 0 Å². The van der Waals surface area contributed by atoms with Gasteiger partial charge < -0.3 is 9.64 Å². The monoisotopic (exact) mass is 311 g/mol. The zero-order valence-corrected chi connectivity index (χ0v) is 13.0. The van der Waals surface area contributed by atoms with Crippen LogP contribution in [-0.4, -0.2) is 46.8 Å². The van der Waals surface area contributed by atoms with Crippen molar-refractivity contribution in [1.82, 2.24) is 15.1 Å². The van der Waals surface area contributed by atoms with E-state index in [9.17, 15) is 4.79 Å². The van der Waals surface area contributed by atoms with Crippen molar-refractivity contribution in [2.45, 2.75) is 50.5 Å². The standard InChI is InChI=1S/C15H21N3O2.ClH/c19-15(13-2-1-9-20-13)18-7-5-11-12(6-8-18)16-17-14(11)10-3-4-10;/h10,13H,1-9H2,(H,16,17);1H/t13-;/m1./s1. The highest BCUT2D eigenvalue weighted by molar-refractivity contribution is 5.85. The van der Waals surface area contributed by atoms with Gasteiger partial charge in [-0.25, -0.2) is 0 Å². The van der Waals surface area contributed by atoms with Crippen LogP contribution < -0.4 is 0 Å². The average Bonchev–Trinajstić information content (AvgIpc) is 3.07. The van der Waals surface area contributed by atoms with Crippen LogP contribution in [0.4, 0.5) is 0 Å². The molecule has 3 heterocycles. The fraction of sp³-hybridized carbons (Fsp3) is 0.733. The van der Waals surface area contributed by atoms with Gasteiger partial charge in [-0.05, 0) is 37.7 Å². The molecule has 1 N–H and O–H groups in total. The average molecular weight is 312 g/mol. The number of carbonyl (C=O) groups is 1. The molecule has 1 saturated carbocycles. The number of rotatable bonds is 2. The maximum atomic E-state index is 12.4. The van der Waals surface area contributed by atoms with Crippen LogP contribution in [-0.2, 0) is 22.4 Å². The Hall–Kier alpha value is -1.07. The number of hydrogen-bond acceptors (Lipinski definition) is 3. The van der Waals surface area contributed by atoms with Gasteiger partial charge in [0.25, 0.3) is 5.91 Å². The number of H-pyrrole nitrogens is 1. The first kappa shape index (κ1) is 14.9. The molecule has 1 amide bonds. The third-order valence-electron chi connectivity index (χ3n) is 4.73. The number of aromatic amines is 1. The quantitative estimate of drug-likeness (QED) is 0.906. The van der Waals surface area contributed by atoms with Crippen molar-refractivity contribution in [3.8, 4) is 0 Å². The molecule has 1 aromatic heterocycles. The summed E-state index contributed by atoms with van der Waals surface area (Å²) in [5.74, 6) is 0.865. The van der Waals surface area contributed by atoms with E-state index in [1.165, 1.54) is 29.8 Å². The minimum Gasteiger partial charge on any atom is -0.368 e. The highest BCUT2D eigenvalue weighted by Gasteiger charge is 2.33. The maximum Gasteiger partial charge on any atom is 0.251 e. The molecule has 0 bridgehead atoms. The Morgan fingerprint density at radius 2 is 2.05 bits per heavy atom. The Morgan fingerprint density at radius 1 is 1.24 bits per heavy atom. The summed E-state index contributed by atoms with van der Waals surface area (Å²) in [6.07, 6.45) is 6.09. The number of ether oxygens (including phenoxy) is 1. The van der Waals surface area contributed by atoms with Crippen molar-refractivity contribution in [3.05, 3.63) is 17.0 Å². The van der Waals surface area contributed by atoms with Gasteiger partial charge in [0.05, 0.1) is 5.69 Å². The van der Waals surface area contributed by atoms with Crippen molar-refractivity contribution >= 4 is 18.3 Å². The molecule has 0 unspecified atom stereocenters. The number of amides is 1. The molecule has 0 aromatic carbocycles. The fourth-order valence-corrected chi connectivity index (χ4v) is 3.40. The van der Waals surface area contributed by atoms with Gasteiger partial charge in [0.1, 0.15) is 6.10 Å². The lowest BCUT2D eigenvalue weighted by atomic mass is 10.1. The van der Waals surface area contributed by atoms with E-state index in [1.54, 1.807) is 0 Å². The topological polar surface area (TPSA) is 58.2 Å². The summed E-state index contributed by atoms with van der Waals surface area (Å²) in [4.78, 5) is 14.4. The molecule has 0 spiro atoms. The van der Waals surface area contributed by atoms with E-state index in [1.807, 2.05) is 4.90 Å². The van der Waals surface area contributed by atoms with Gasteiger partial charge in [0.15, 0.2) is 0 Å². The number of fused-ring (bicyclic) bond motifs is 1. The molecule has 2 fully saturated rings. The van der Waals surface area contributed by atoms with Crippen molar-refractivity contribution in [2.75, 3.05) is 19.7 Å². The molecular formula is C15H22ClN3O2. The van der Waals surface area contributed by atoms with Gasteiger partial charge in [-0.15, -0.1) is 12.4 Å². The zero-order chi connectivity index (χ0) is 13.5. The molecule has 21 heavy (non-hydrogen) atoms. The Bertz CT molecular complexity index is 521. The van der Waals surface area contributed by atoms with Gasteiger partial charge in [-0.2, -0.15) is 5.10 Å². The van der Waals surface area contributed by atoms with Crippen molar-refractivity contribution in [2.24, 2.45) is 0 Å². The third-order valence-corrected chi connectivity index (χ3v) is 4.73. The summed E-state index contributed by atoms with van der Waals surface area (Å²) in [6.45, 7) is 2.34. The number of nitrogens with zero attached hydrogens (tertiary/aromatic N) is 2. The molecule has 0 radical (unpaired) electrons. The SMILES string of the molecule is Cl.O=C([C@H]1CCCO1)N1CCc2[nH]nc(C3CC3)c2CC1. The largest absolute Gasteiger partial charge is 0.368 e. The first-order valence-electron chi connectivity index (χ1n) is 7.79. The van der Waals surface area contributed by atoms with Crippen LogP contribution in [0.3, 0.4) is 0 Å². The summed E-state index contributed by atoms with van der Waals surface area (Å²) >= 11 is 0. The second-order valence-corrected chi connectivity index (χ2v) is 6.17. The van der Waals surface area contributed by atoms with Crippen LogP contribution in [0.2, 0.25) is 0 Å². The molecular weight excluding hydrogens is 290 g/mol. The number of carbonyl (C=O) groups excluding carboxylic acids is 1. The first-order chi connectivity index (χ1) is 9.83. The third kappa shape index (κ3) is 2.81. The summed E-state index contributed by atoms with van der Waals surface area (Å²) in [5, 5.41) is 7.69. The molecule has 3 aliphatic rings. The van der Waals surface area contributed by atoms with Crippen LogP contribution >= 0.6 is 12.4 Å². The van der Waals surface area contributed by atoms with Gasteiger partial charge in [-0.3, -0.25) is 9.89 Å². The van der Waals surface area contributed by atoms with E-state index in [2.05, 4.69) is 10.2 Å². The molecule has 6 heteroatoms. The molecule has 2 aliphatic heterocycles. The lowest BCUT2D eigenvalue weighted by Gasteiger charge is -2.23. The van der Waals surface area contributed by atoms with E-state index < -0.39 is 0 Å². The molecule has 1 saturated heterocycles. The smallest absolute Gasteiger partial charge is 0.251 e. The summed E-state index contributed by atoms with van der Waals surface area (Å²) < 4.78 is 5.53. The van der Waals surface area contributed by atoms with Crippen LogP contribution in [0.25, 0.3) is 0 Å². The van der Waals surface area contributed by atoms with Gasteiger partial charge >= 0.3 is 0 Å². The van der Waals surface area contributed by atoms with E-state index in [0.29, 0.717) is 5.92 Å². The van der Waals surface area contributed by atoms with E-state index in [4.69, 9.17) is 4.74 Å². The summed E-state index contributed by atoms with van der Waals surface area (Å²) in [7, 11) is 0. The number of nitrogens with one attached hydrogen (secondary N) is 1. The van der Waals surface area contributed by atoms with Gasteiger partial charge in [0, 0.05) is 37.7 Å². The second kappa shape index (κ2) is 5.97.